The van der Waals surface area contributed by atoms with Gasteiger partial charge in [0, 0.05) is 12.1 Å². The Labute approximate surface area is 111 Å². The molecule has 17 heavy (non-hydrogen) atoms. The topological polar surface area (TPSA) is 49.3 Å². The molecule has 1 amide bonds. The minimum Gasteiger partial charge on any atom is -0.507 e. The van der Waals surface area contributed by atoms with Gasteiger partial charge in [-0.15, -0.1) is 0 Å². The predicted molar refractivity (Wildman–Crippen MR) is 71.3 cm³/mol. The second kappa shape index (κ2) is 5.33. The number of hydrogen-bond acceptors (Lipinski definition) is 3. The summed E-state index contributed by atoms with van der Waals surface area (Å²) in [5.74, 6) is -0.132. The Morgan fingerprint density at radius 2 is 2.24 bits per heavy atom. The largest absolute Gasteiger partial charge is 0.507 e. The predicted octanol–water partition coefficient (Wildman–Crippen LogP) is 3.15. The van der Waals surface area contributed by atoms with Gasteiger partial charge in [-0.2, -0.15) is 11.3 Å². The van der Waals surface area contributed by atoms with Gasteiger partial charge >= 0.3 is 0 Å². The van der Waals surface area contributed by atoms with E-state index in [4.69, 9.17) is 0 Å². The molecule has 0 aliphatic heterocycles. The van der Waals surface area contributed by atoms with E-state index < -0.39 is 0 Å². The van der Waals surface area contributed by atoms with Crippen molar-refractivity contribution in [2.75, 3.05) is 0 Å². The Balaban J connectivity index is 2.02. The van der Waals surface area contributed by atoms with Crippen LogP contribution in [-0.4, -0.2) is 11.0 Å². The molecule has 2 aromatic rings. The summed E-state index contributed by atoms with van der Waals surface area (Å²) >= 11 is 4.76. The fourth-order valence-corrected chi connectivity index (χ4v) is 2.25. The minimum atomic E-state index is -0.195. The molecular weight excluding hydrogens is 302 g/mol. The molecule has 0 saturated carbocycles. The third-order valence-electron chi connectivity index (χ3n) is 2.24. The van der Waals surface area contributed by atoms with Gasteiger partial charge in [-0.05, 0) is 56.5 Å². The fourth-order valence-electron chi connectivity index (χ4n) is 1.33. The van der Waals surface area contributed by atoms with Crippen molar-refractivity contribution in [3.8, 4) is 5.75 Å². The molecule has 2 rings (SSSR count). The molecule has 0 saturated heterocycles. The van der Waals surface area contributed by atoms with Crippen molar-refractivity contribution >= 4 is 33.2 Å². The van der Waals surface area contributed by atoms with Gasteiger partial charge in [-0.3, -0.25) is 4.79 Å². The highest BCUT2D eigenvalue weighted by atomic mass is 79.9. The molecule has 0 aliphatic carbocycles. The molecular formula is C12H10BrNO2S. The molecule has 1 heterocycles. The van der Waals surface area contributed by atoms with Gasteiger partial charge < -0.3 is 10.4 Å². The monoisotopic (exact) mass is 311 g/mol. The van der Waals surface area contributed by atoms with E-state index in [2.05, 4.69) is 21.2 Å². The Morgan fingerprint density at radius 1 is 1.41 bits per heavy atom. The number of phenols is 1. The van der Waals surface area contributed by atoms with E-state index in [1.54, 1.807) is 23.5 Å². The Kier molecular flexibility index (Phi) is 3.81. The van der Waals surface area contributed by atoms with E-state index in [1.165, 1.54) is 6.07 Å². The van der Waals surface area contributed by atoms with Crippen LogP contribution in [0.4, 0.5) is 0 Å². The number of thiophene rings is 1. The van der Waals surface area contributed by atoms with Gasteiger partial charge in [-0.25, -0.2) is 0 Å². The maximum atomic E-state index is 11.8. The molecule has 88 valence electrons. The Bertz CT molecular complexity index is 525. The molecule has 2 N–H and O–H groups in total. The van der Waals surface area contributed by atoms with Crippen LogP contribution in [0, 0.1) is 0 Å². The summed E-state index contributed by atoms with van der Waals surface area (Å²) in [4.78, 5) is 11.8. The summed E-state index contributed by atoms with van der Waals surface area (Å²) < 4.78 is 0.576. The molecule has 0 aliphatic rings. The van der Waals surface area contributed by atoms with Gasteiger partial charge in [0.2, 0.25) is 0 Å². The van der Waals surface area contributed by atoms with E-state index >= 15 is 0 Å². The van der Waals surface area contributed by atoms with E-state index in [9.17, 15) is 9.90 Å². The summed E-state index contributed by atoms with van der Waals surface area (Å²) in [5, 5.41) is 16.2. The normalized spacial score (nSPS) is 10.2. The number of rotatable bonds is 3. The van der Waals surface area contributed by atoms with Crippen molar-refractivity contribution in [2.24, 2.45) is 0 Å². The second-order valence-electron chi connectivity index (χ2n) is 3.48. The van der Waals surface area contributed by atoms with Gasteiger partial charge in [0.05, 0.1) is 4.47 Å². The third-order valence-corrected chi connectivity index (χ3v) is 3.64. The van der Waals surface area contributed by atoms with Crippen molar-refractivity contribution < 1.29 is 9.90 Å². The van der Waals surface area contributed by atoms with Crippen molar-refractivity contribution in [1.82, 2.24) is 5.32 Å². The van der Waals surface area contributed by atoms with Crippen molar-refractivity contribution in [1.29, 1.82) is 0 Å². The minimum absolute atomic E-state index is 0.0631. The van der Waals surface area contributed by atoms with Gasteiger partial charge in [0.15, 0.2) is 0 Å². The number of halogens is 1. The third kappa shape index (κ3) is 3.08. The Morgan fingerprint density at radius 3 is 2.88 bits per heavy atom. The zero-order chi connectivity index (χ0) is 12.3. The van der Waals surface area contributed by atoms with E-state index in [1.807, 2.05) is 16.8 Å². The fraction of sp³-hybridized carbons (Fsp3) is 0.0833. The molecule has 0 unspecified atom stereocenters. The van der Waals surface area contributed by atoms with Crippen LogP contribution in [-0.2, 0) is 6.54 Å². The quantitative estimate of drug-likeness (QED) is 0.915. The molecule has 3 nitrogen and oxygen atoms in total. The lowest BCUT2D eigenvalue weighted by molar-refractivity contribution is 0.0950. The summed E-state index contributed by atoms with van der Waals surface area (Å²) in [5.41, 5.74) is 1.52. The van der Waals surface area contributed by atoms with E-state index in [-0.39, 0.29) is 11.7 Å². The Hall–Kier alpha value is -1.33. The molecule has 0 spiro atoms. The lowest BCUT2D eigenvalue weighted by atomic mass is 10.2. The summed E-state index contributed by atoms with van der Waals surface area (Å²) in [6.45, 7) is 0.499. The van der Waals surface area contributed by atoms with Crippen LogP contribution in [0.25, 0.3) is 0 Å². The van der Waals surface area contributed by atoms with Crippen LogP contribution >= 0.6 is 27.3 Å². The summed E-state index contributed by atoms with van der Waals surface area (Å²) in [6, 6.07) is 6.71. The average molecular weight is 312 g/mol. The number of aromatic hydroxyl groups is 1. The highest BCUT2D eigenvalue weighted by Crippen LogP contribution is 2.24. The first-order valence-electron chi connectivity index (χ1n) is 4.94. The van der Waals surface area contributed by atoms with Crippen molar-refractivity contribution in [3.63, 3.8) is 0 Å². The number of amides is 1. The SMILES string of the molecule is O=C(NCc1ccsc1)c1ccc(Br)c(O)c1. The standard InChI is InChI=1S/C12H10BrNO2S/c13-10-2-1-9(5-11(10)15)12(16)14-6-8-3-4-17-7-8/h1-5,7,15H,6H2,(H,14,16). The molecule has 0 atom stereocenters. The molecule has 0 fully saturated rings. The van der Waals surface area contributed by atoms with Crippen LogP contribution in [0.1, 0.15) is 15.9 Å². The van der Waals surface area contributed by atoms with Crippen LogP contribution < -0.4 is 5.32 Å². The van der Waals surface area contributed by atoms with Crippen LogP contribution in [0.5, 0.6) is 5.75 Å². The first-order chi connectivity index (χ1) is 8.16. The number of nitrogens with one attached hydrogen (secondary N) is 1. The molecule has 1 aromatic carbocycles. The highest BCUT2D eigenvalue weighted by Gasteiger charge is 2.07. The van der Waals surface area contributed by atoms with Crippen LogP contribution in [0.2, 0.25) is 0 Å². The second-order valence-corrected chi connectivity index (χ2v) is 5.11. The van der Waals surface area contributed by atoms with Crippen LogP contribution in [0.15, 0.2) is 39.5 Å². The lowest BCUT2D eigenvalue weighted by Gasteiger charge is -2.05. The number of phenolic OH excluding ortho intramolecular Hbond substituents is 1. The first kappa shape index (κ1) is 12.1. The number of carbonyl (C=O) groups excluding carboxylic acids is 1. The number of hydrogen-bond donors (Lipinski definition) is 2. The molecule has 5 heteroatoms. The zero-order valence-corrected chi connectivity index (χ0v) is 11.2. The molecule has 0 bridgehead atoms. The summed E-state index contributed by atoms with van der Waals surface area (Å²) in [6.07, 6.45) is 0. The van der Waals surface area contributed by atoms with Crippen molar-refractivity contribution in [2.45, 2.75) is 6.54 Å². The van der Waals surface area contributed by atoms with Crippen LogP contribution in [0.3, 0.4) is 0 Å². The van der Waals surface area contributed by atoms with Gasteiger partial charge in [-0.1, -0.05) is 0 Å². The van der Waals surface area contributed by atoms with Gasteiger partial charge in [0.25, 0.3) is 5.91 Å². The average Bonchev–Trinajstić information content (AvgIpc) is 2.82. The number of carbonyl (C=O) groups is 1. The first-order valence-corrected chi connectivity index (χ1v) is 6.68. The maximum absolute atomic E-state index is 11.8. The van der Waals surface area contributed by atoms with Gasteiger partial charge in [0.1, 0.15) is 5.75 Å². The lowest BCUT2D eigenvalue weighted by Crippen LogP contribution is -2.22. The van der Waals surface area contributed by atoms with E-state index in [0.717, 1.165) is 5.56 Å². The van der Waals surface area contributed by atoms with Crippen molar-refractivity contribution in [3.05, 3.63) is 50.6 Å². The highest BCUT2D eigenvalue weighted by molar-refractivity contribution is 9.10. The summed E-state index contributed by atoms with van der Waals surface area (Å²) in [7, 11) is 0. The molecule has 0 radical (unpaired) electrons. The molecule has 1 aromatic heterocycles. The number of benzene rings is 1. The zero-order valence-electron chi connectivity index (χ0n) is 8.81. The van der Waals surface area contributed by atoms with E-state index in [0.29, 0.717) is 16.6 Å². The smallest absolute Gasteiger partial charge is 0.251 e. The maximum Gasteiger partial charge on any atom is 0.251 e.